The van der Waals surface area contributed by atoms with Crippen molar-refractivity contribution in [2.45, 2.75) is 91.6 Å². The number of carbonyl (C=O) groups is 4. The van der Waals surface area contributed by atoms with Gasteiger partial charge in [-0.2, -0.15) is 0 Å². The number of aliphatic hydroxyl groups excluding tert-OH is 1. The summed E-state index contributed by atoms with van der Waals surface area (Å²) in [5.74, 6) is -1.24. The molecule has 9 nitrogen and oxygen atoms in total. The van der Waals surface area contributed by atoms with E-state index in [1.54, 1.807) is 18.7 Å². The molecule has 4 amide bonds. The Hall–Kier alpha value is -2.94. The highest BCUT2D eigenvalue weighted by Gasteiger charge is 2.69. The van der Waals surface area contributed by atoms with Gasteiger partial charge in [-0.1, -0.05) is 84.7 Å². The van der Waals surface area contributed by atoms with Gasteiger partial charge in [0.2, 0.25) is 17.7 Å². The molecule has 3 unspecified atom stereocenters. The van der Waals surface area contributed by atoms with E-state index in [4.69, 9.17) is 0 Å². The lowest BCUT2D eigenvalue weighted by atomic mass is 9.96. The largest absolute Gasteiger partial charge is 0.381 e. The van der Waals surface area contributed by atoms with Gasteiger partial charge in [0.05, 0.1) is 6.04 Å². The summed E-state index contributed by atoms with van der Waals surface area (Å²) in [7, 11) is 0. The maximum absolute atomic E-state index is 13.9. The number of aliphatic hydroxyl groups is 1. The summed E-state index contributed by atoms with van der Waals surface area (Å²) in [4.78, 5) is 54.7. The first-order chi connectivity index (χ1) is 18.8. The molecular weight excluding hydrogens is 508 g/mol. The summed E-state index contributed by atoms with van der Waals surface area (Å²) in [6, 6.07) is 7.24. The number of rotatable bonds is 12. The minimum absolute atomic E-state index is 0.0179. The molecule has 0 radical (unpaired) electrons. The lowest BCUT2D eigenvalue weighted by molar-refractivity contribution is -0.145. The van der Waals surface area contributed by atoms with Crippen LogP contribution in [0.1, 0.15) is 66.4 Å². The van der Waals surface area contributed by atoms with Gasteiger partial charge in [0.15, 0.2) is 6.10 Å². The summed E-state index contributed by atoms with van der Waals surface area (Å²) in [6.07, 6.45) is 1.10. The van der Waals surface area contributed by atoms with Crippen LogP contribution in [0.3, 0.4) is 0 Å². The third-order valence-electron chi connectivity index (χ3n) is 9.09. The Morgan fingerprint density at radius 2 is 1.65 bits per heavy atom. The molecule has 1 aromatic carbocycles. The highest BCUT2D eigenvalue weighted by Crippen LogP contribution is 2.65. The third kappa shape index (κ3) is 6.51. The monoisotopic (exact) mass is 554 g/mol. The molecule has 1 aliphatic heterocycles. The van der Waals surface area contributed by atoms with Gasteiger partial charge in [-0.05, 0) is 41.1 Å². The highest BCUT2D eigenvalue weighted by atomic mass is 16.3. The maximum Gasteiger partial charge on any atom is 0.251 e. The van der Waals surface area contributed by atoms with E-state index in [2.05, 4.69) is 29.8 Å². The number of amides is 4. The first-order valence-corrected chi connectivity index (χ1v) is 14.7. The molecule has 0 spiro atoms. The van der Waals surface area contributed by atoms with Crippen molar-refractivity contribution < 1.29 is 24.3 Å². The van der Waals surface area contributed by atoms with Gasteiger partial charge in [0.25, 0.3) is 5.91 Å². The second-order valence-corrected chi connectivity index (χ2v) is 13.2. The van der Waals surface area contributed by atoms with Gasteiger partial charge in [0.1, 0.15) is 12.1 Å². The van der Waals surface area contributed by atoms with Crippen LogP contribution in [0.25, 0.3) is 0 Å². The number of likely N-dealkylation sites (tertiary alicyclic amines) is 1. The standard InChI is InChI=1S/C31H46N4O5/c1-17(2)24(34-27(37)18(3)4)30(40)35-16-21-23(31(21,5)6)25(35)28(38)33-22(14-19-12-13-19)26(36)29(39)32-15-20-10-8-7-9-11-20/h7-11,17-19,21-26,36H,12-16H2,1-6H3,(H,32,39)(H,33,38)(H,34,37)/t21-,22?,23-,24?,25-,26?/m0/s1. The number of carbonyl (C=O) groups excluding carboxylic acids is 4. The normalized spacial score (nSPS) is 25.1. The Bertz CT molecular complexity index is 1100. The van der Waals surface area contributed by atoms with Gasteiger partial charge in [-0.15, -0.1) is 0 Å². The lowest BCUT2D eigenvalue weighted by Crippen LogP contribution is -2.60. The van der Waals surface area contributed by atoms with Gasteiger partial charge in [0, 0.05) is 19.0 Å². The number of piperidine rings is 1. The van der Waals surface area contributed by atoms with Gasteiger partial charge in [-0.3, -0.25) is 19.2 Å². The minimum Gasteiger partial charge on any atom is -0.381 e. The zero-order valence-corrected chi connectivity index (χ0v) is 24.6. The smallest absolute Gasteiger partial charge is 0.251 e. The van der Waals surface area contributed by atoms with E-state index >= 15 is 0 Å². The predicted molar refractivity (Wildman–Crippen MR) is 151 cm³/mol. The number of hydrogen-bond donors (Lipinski definition) is 4. The molecule has 1 saturated heterocycles. The van der Waals surface area contributed by atoms with Crippen molar-refractivity contribution in [3.05, 3.63) is 35.9 Å². The summed E-state index contributed by atoms with van der Waals surface area (Å²) >= 11 is 0. The zero-order chi connectivity index (χ0) is 29.4. The fraction of sp³-hybridized carbons (Fsp3) is 0.677. The van der Waals surface area contributed by atoms with Crippen molar-refractivity contribution in [3.8, 4) is 0 Å². The third-order valence-corrected chi connectivity index (χ3v) is 9.09. The van der Waals surface area contributed by atoms with E-state index in [-0.39, 0.29) is 53.4 Å². The Morgan fingerprint density at radius 1 is 1.00 bits per heavy atom. The number of fused-ring (bicyclic) bond motifs is 1. The van der Waals surface area contributed by atoms with Gasteiger partial charge >= 0.3 is 0 Å². The molecule has 4 N–H and O–H groups in total. The molecule has 0 aromatic heterocycles. The van der Waals surface area contributed by atoms with E-state index in [9.17, 15) is 24.3 Å². The summed E-state index contributed by atoms with van der Waals surface area (Å²) in [6.45, 7) is 12.3. The summed E-state index contributed by atoms with van der Waals surface area (Å²) < 4.78 is 0. The lowest BCUT2D eigenvalue weighted by Gasteiger charge is -2.35. The second kappa shape index (κ2) is 11.9. The van der Waals surface area contributed by atoms with Crippen LogP contribution >= 0.6 is 0 Å². The SMILES string of the molecule is CC(C)C(=O)NC(C(=O)N1C[C@H]2[C@@H]([C@H]1C(=O)NC(CC1CC1)C(O)C(=O)NCc1ccccc1)C2(C)C)C(C)C. The fourth-order valence-electron chi connectivity index (χ4n) is 6.15. The van der Waals surface area contributed by atoms with E-state index in [1.807, 2.05) is 44.2 Å². The minimum atomic E-state index is -1.41. The molecule has 3 fully saturated rings. The van der Waals surface area contributed by atoms with Gasteiger partial charge in [-0.25, -0.2) is 0 Å². The van der Waals surface area contributed by atoms with Crippen LogP contribution in [0.5, 0.6) is 0 Å². The van der Waals surface area contributed by atoms with E-state index < -0.39 is 30.1 Å². The molecule has 0 bridgehead atoms. The molecule has 2 saturated carbocycles. The van der Waals surface area contributed by atoms with Crippen molar-refractivity contribution in [1.29, 1.82) is 0 Å². The van der Waals surface area contributed by atoms with Crippen molar-refractivity contribution in [2.75, 3.05) is 6.54 Å². The van der Waals surface area contributed by atoms with Crippen LogP contribution in [0.15, 0.2) is 30.3 Å². The molecule has 3 aliphatic rings. The first-order valence-electron chi connectivity index (χ1n) is 14.7. The maximum atomic E-state index is 13.9. The van der Waals surface area contributed by atoms with E-state index in [1.165, 1.54) is 0 Å². The van der Waals surface area contributed by atoms with Crippen molar-refractivity contribution >= 4 is 23.6 Å². The van der Waals surface area contributed by atoms with Crippen LogP contribution in [-0.2, 0) is 25.7 Å². The topological polar surface area (TPSA) is 128 Å². The average molecular weight is 555 g/mol. The highest BCUT2D eigenvalue weighted by molar-refractivity contribution is 5.94. The summed E-state index contributed by atoms with van der Waals surface area (Å²) in [5.41, 5.74) is 0.822. The molecule has 1 heterocycles. The number of benzene rings is 1. The van der Waals surface area contributed by atoms with E-state index in [0.717, 1.165) is 18.4 Å². The molecule has 6 atom stereocenters. The quantitative estimate of drug-likeness (QED) is 0.315. The molecule has 4 rings (SSSR count). The Labute approximate surface area is 237 Å². The van der Waals surface area contributed by atoms with Gasteiger partial charge < -0.3 is 26.0 Å². The van der Waals surface area contributed by atoms with Crippen LogP contribution in [0, 0.1) is 35.0 Å². The Morgan fingerprint density at radius 3 is 2.23 bits per heavy atom. The second-order valence-electron chi connectivity index (χ2n) is 13.2. The molecule has 2 aliphatic carbocycles. The average Bonchev–Trinajstić information content (AvgIpc) is 3.76. The zero-order valence-electron chi connectivity index (χ0n) is 24.6. The van der Waals surface area contributed by atoms with E-state index in [0.29, 0.717) is 18.9 Å². The van der Waals surface area contributed by atoms with Crippen LogP contribution < -0.4 is 16.0 Å². The summed E-state index contributed by atoms with van der Waals surface area (Å²) in [5, 5.41) is 19.7. The van der Waals surface area contributed by atoms with Crippen LogP contribution in [0.2, 0.25) is 0 Å². The Kier molecular flexibility index (Phi) is 8.93. The molecule has 1 aromatic rings. The first kappa shape index (κ1) is 30.0. The molecule has 220 valence electrons. The fourth-order valence-corrected chi connectivity index (χ4v) is 6.15. The van der Waals surface area contributed by atoms with Crippen LogP contribution in [0.4, 0.5) is 0 Å². The molecule has 40 heavy (non-hydrogen) atoms. The Balaban J connectivity index is 1.48. The van der Waals surface area contributed by atoms with Crippen molar-refractivity contribution in [3.63, 3.8) is 0 Å². The molecular formula is C31H46N4O5. The number of nitrogens with one attached hydrogen (secondary N) is 3. The number of hydrogen-bond acceptors (Lipinski definition) is 5. The number of nitrogens with zero attached hydrogens (tertiary/aromatic N) is 1. The van der Waals surface area contributed by atoms with Crippen molar-refractivity contribution in [1.82, 2.24) is 20.9 Å². The predicted octanol–water partition coefficient (Wildman–Crippen LogP) is 2.23. The van der Waals surface area contributed by atoms with Crippen molar-refractivity contribution in [2.24, 2.45) is 35.0 Å². The van der Waals surface area contributed by atoms with Crippen LogP contribution in [-0.4, -0.2) is 64.4 Å². The molecule has 9 heteroatoms.